The molecule has 0 fully saturated rings. The molecule has 0 bridgehead atoms. The molecule has 12 heteroatoms. The van der Waals surface area contributed by atoms with Crippen LogP contribution in [-0.2, 0) is 11.9 Å². The summed E-state index contributed by atoms with van der Waals surface area (Å²) >= 11 is 6.21. The maximum atomic E-state index is 14.1. The molecule has 1 atom stereocenters. The number of pyridine rings is 1. The molecular formula is C25H13ClF5N3O3. The second-order valence-electron chi connectivity index (χ2n) is 8.24. The van der Waals surface area contributed by atoms with Crippen molar-refractivity contribution in [3.8, 4) is 0 Å². The molecule has 3 aromatic carbocycles. The fourth-order valence-corrected chi connectivity index (χ4v) is 4.56. The molecule has 5 rings (SSSR count). The van der Waals surface area contributed by atoms with Crippen LogP contribution in [0.4, 0.5) is 27.6 Å². The van der Waals surface area contributed by atoms with Crippen LogP contribution in [0.5, 0.6) is 0 Å². The Kier molecular flexibility index (Phi) is 5.65. The van der Waals surface area contributed by atoms with Gasteiger partial charge in [0, 0.05) is 39.5 Å². The van der Waals surface area contributed by atoms with Crippen molar-refractivity contribution in [1.82, 2.24) is 10.3 Å². The van der Waals surface area contributed by atoms with Gasteiger partial charge in [0.15, 0.2) is 5.72 Å². The third-order valence-corrected chi connectivity index (χ3v) is 6.21. The number of nitrogens with one attached hydrogen (secondary N) is 2. The predicted molar refractivity (Wildman–Crippen MR) is 123 cm³/mol. The predicted octanol–water partition coefficient (Wildman–Crippen LogP) is 5.37. The van der Waals surface area contributed by atoms with Crippen molar-refractivity contribution in [2.75, 3.05) is 5.32 Å². The van der Waals surface area contributed by atoms with Crippen LogP contribution in [0.15, 0.2) is 60.9 Å². The van der Waals surface area contributed by atoms with Gasteiger partial charge in [-0.25, -0.2) is 8.78 Å². The lowest BCUT2D eigenvalue weighted by molar-refractivity contribution is -0.137. The highest BCUT2D eigenvalue weighted by molar-refractivity contribution is 6.31. The highest BCUT2D eigenvalue weighted by atomic mass is 35.5. The molecule has 1 unspecified atom stereocenters. The third-order valence-electron chi connectivity index (χ3n) is 5.88. The number of rotatable bonds is 3. The SMILES string of the molecule is O=C(Nc1cc2cnccc2c2c1C(O)(c1cc(F)ccc1Cl)NC2=O)c1cc(F)cc(C(F)(F)F)c1. The van der Waals surface area contributed by atoms with Gasteiger partial charge in [-0.05, 0) is 53.9 Å². The first kappa shape index (κ1) is 24.6. The molecule has 0 radical (unpaired) electrons. The zero-order chi connectivity index (χ0) is 26.7. The summed E-state index contributed by atoms with van der Waals surface area (Å²) in [6.07, 6.45) is -2.18. The zero-order valence-electron chi connectivity index (χ0n) is 18.3. The Morgan fingerprint density at radius 1 is 1.05 bits per heavy atom. The molecule has 6 nitrogen and oxygen atoms in total. The number of benzene rings is 3. The largest absolute Gasteiger partial charge is 0.416 e. The van der Waals surface area contributed by atoms with Crippen LogP contribution >= 0.6 is 11.6 Å². The van der Waals surface area contributed by atoms with E-state index >= 15 is 0 Å². The van der Waals surface area contributed by atoms with Gasteiger partial charge in [0.2, 0.25) is 0 Å². The molecule has 4 aromatic rings. The molecule has 1 aliphatic heterocycles. The van der Waals surface area contributed by atoms with Gasteiger partial charge >= 0.3 is 6.18 Å². The van der Waals surface area contributed by atoms with E-state index in [0.717, 1.165) is 18.2 Å². The van der Waals surface area contributed by atoms with Gasteiger partial charge in [-0.1, -0.05) is 11.6 Å². The number of nitrogens with zero attached hydrogens (tertiary/aromatic N) is 1. The van der Waals surface area contributed by atoms with Crippen LogP contribution in [0.1, 0.15) is 37.4 Å². The van der Waals surface area contributed by atoms with E-state index in [0.29, 0.717) is 22.9 Å². The van der Waals surface area contributed by atoms with Crippen LogP contribution < -0.4 is 10.6 Å². The minimum Gasteiger partial charge on any atom is -0.363 e. The Labute approximate surface area is 209 Å². The third kappa shape index (κ3) is 4.15. The number of hydrogen-bond acceptors (Lipinski definition) is 4. The van der Waals surface area contributed by atoms with Crippen LogP contribution in [0.3, 0.4) is 0 Å². The number of anilines is 1. The topological polar surface area (TPSA) is 91.3 Å². The van der Waals surface area contributed by atoms with Crippen LogP contribution in [0, 0.1) is 11.6 Å². The van der Waals surface area contributed by atoms with Gasteiger partial charge in [-0.3, -0.25) is 14.6 Å². The lowest BCUT2D eigenvalue weighted by atomic mass is 9.90. The highest BCUT2D eigenvalue weighted by Gasteiger charge is 2.47. The van der Waals surface area contributed by atoms with Gasteiger partial charge in [-0.15, -0.1) is 0 Å². The molecule has 1 aromatic heterocycles. The van der Waals surface area contributed by atoms with Gasteiger partial charge in [0.05, 0.1) is 16.8 Å². The Morgan fingerprint density at radius 3 is 2.54 bits per heavy atom. The standard InChI is InChI=1S/C25H13ClF5N3O3/c26-18-2-1-14(27)9-17(18)24(37)21-19(7-12-10-32-4-3-16(12)20(21)23(36)34-24)33-22(35)11-5-13(25(29,30)31)8-15(28)6-11/h1-10,37H,(H,33,35)(H,34,36). The highest BCUT2D eigenvalue weighted by Crippen LogP contribution is 2.45. The van der Waals surface area contributed by atoms with E-state index < -0.39 is 46.5 Å². The number of aromatic nitrogens is 1. The molecule has 0 aliphatic carbocycles. The molecule has 0 saturated heterocycles. The number of fused-ring (bicyclic) bond motifs is 3. The minimum atomic E-state index is -4.92. The first-order valence-corrected chi connectivity index (χ1v) is 10.9. The van der Waals surface area contributed by atoms with Crippen molar-refractivity contribution in [2.45, 2.75) is 11.9 Å². The molecule has 0 saturated carbocycles. The number of carbonyl (C=O) groups is 2. The smallest absolute Gasteiger partial charge is 0.363 e. The number of aliphatic hydroxyl groups is 1. The average molecular weight is 534 g/mol. The van der Waals surface area contributed by atoms with Crippen LogP contribution in [0.2, 0.25) is 5.02 Å². The Hall–Kier alpha value is -4.09. The van der Waals surface area contributed by atoms with E-state index in [-0.39, 0.29) is 33.5 Å². The summed E-state index contributed by atoms with van der Waals surface area (Å²) in [6.45, 7) is 0. The maximum absolute atomic E-state index is 14.1. The van der Waals surface area contributed by atoms with E-state index in [1.807, 2.05) is 0 Å². The molecule has 37 heavy (non-hydrogen) atoms. The first-order chi connectivity index (χ1) is 17.4. The van der Waals surface area contributed by atoms with Crippen molar-refractivity contribution in [2.24, 2.45) is 0 Å². The van der Waals surface area contributed by atoms with Crippen molar-refractivity contribution in [1.29, 1.82) is 0 Å². The summed E-state index contributed by atoms with van der Waals surface area (Å²) in [5, 5.41) is 16.9. The average Bonchev–Trinajstić information content (AvgIpc) is 3.11. The summed E-state index contributed by atoms with van der Waals surface area (Å²) in [5.41, 5.74) is -5.31. The molecular weight excluding hydrogens is 521 g/mol. The van der Waals surface area contributed by atoms with Gasteiger partial charge in [-0.2, -0.15) is 13.2 Å². The van der Waals surface area contributed by atoms with Crippen molar-refractivity contribution >= 4 is 39.9 Å². The van der Waals surface area contributed by atoms with E-state index in [1.165, 1.54) is 24.5 Å². The maximum Gasteiger partial charge on any atom is 0.416 e. The second-order valence-corrected chi connectivity index (χ2v) is 8.65. The number of hydrogen-bond donors (Lipinski definition) is 3. The van der Waals surface area contributed by atoms with E-state index in [9.17, 15) is 36.6 Å². The first-order valence-electron chi connectivity index (χ1n) is 10.5. The monoisotopic (exact) mass is 533 g/mol. The van der Waals surface area contributed by atoms with Crippen molar-refractivity contribution in [3.05, 3.63) is 105 Å². The van der Waals surface area contributed by atoms with Gasteiger partial charge < -0.3 is 15.7 Å². The molecule has 1 aliphatic rings. The van der Waals surface area contributed by atoms with E-state index in [4.69, 9.17) is 11.6 Å². The molecule has 0 spiro atoms. The summed E-state index contributed by atoms with van der Waals surface area (Å²) in [7, 11) is 0. The quantitative estimate of drug-likeness (QED) is 0.309. The van der Waals surface area contributed by atoms with Crippen molar-refractivity contribution < 1.29 is 36.6 Å². The number of carbonyl (C=O) groups excluding carboxylic acids is 2. The lowest BCUT2D eigenvalue weighted by Gasteiger charge is -2.27. The van der Waals surface area contributed by atoms with Crippen molar-refractivity contribution in [3.63, 3.8) is 0 Å². The Balaban J connectivity index is 1.72. The van der Waals surface area contributed by atoms with E-state index in [2.05, 4.69) is 15.6 Å². The summed E-state index contributed by atoms with van der Waals surface area (Å²) < 4.78 is 67.5. The van der Waals surface area contributed by atoms with Crippen LogP contribution in [-0.4, -0.2) is 21.9 Å². The minimum absolute atomic E-state index is 0.103. The zero-order valence-corrected chi connectivity index (χ0v) is 19.0. The summed E-state index contributed by atoms with van der Waals surface area (Å²) in [6, 6.07) is 7.17. The number of halogens is 6. The number of alkyl halides is 3. The molecule has 188 valence electrons. The normalized spacial score (nSPS) is 17.0. The van der Waals surface area contributed by atoms with E-state index in [1.54, 1.807) is 0 Å². The fraction of sp³-hybridized carbons (Fsp3) is 0.0800. The number of amides is 2. The molecule has 2 heterocycles. The van der Waals surface area contributed by atoms with Crippen LogP contribution in [0.25, 0.3) is 10.8 Å². The second kappa shape index (κ2) is 8.49. The lowest BCUT2D eigenvalue weighted by Crippen LogP contribution is -2.41. The summed E-state index contributed by atoms with van der Waals surface area (Å²) in [4.78, 5) is 30.0. The molecule has 2 amide bonds. The van der Waals surface area contributed by atoms with Gasteiger partial charge in [0.25, 0.3) is 11.8 Å². The molecule has 3 N–H and O–H groups in total. The Morgan fingerprint density at radius 2 is 1.81 bits per heavy atom. The summed E-state index contributed by atoms with van der Waals surface area (Å²) in [5.74, 6) is -4.05. The van der Waals surface area contributed by atoms with Gasteiger partial charge in [0.1, 0.15) is 11.6 Å². The Bertz CT molecular complexity index is 1630. The fourth-order valence-electron chi connectivity index (χ4n) is 4.30.